The normalized spacial score (nSPS) is 11.2. The molecule has 0 fully saturated rings. The van der Waals surface area contributed by atoms with Gasteiger partial charge in [0.05, 0.1) is 30.4 Å². The fourth-order valence-corrected chi connectivity index (χ4v) is 4.61. The number of hydrogen-bond donors (Lipinski definition) is 0. The maximum absolute atomic E-state index is 13.0. The van der Waals surface area contributed by atoms with Crippen LogP contribution in [0.2, 0.25) is 5.02 Å². The number of Topliss-reactive ketones (excluding diaryl/α,β-unsaturated/α-hetero) is 1. The summed E-state index contributed by atoms with van der Waals surface area (Å²) in [5.41, 5.74) is 2.61. The molecule has 3 aromatic rings. The number of carbonyl (C=O) groups is 3. The fourth-order valence-electron chi connectivity index (χ4n) is 3.63. The molecular weight excluding hydrogens is 480 g/mol. The number of amides is 1. The first-order valence-corrected chi connectivity index (χ1v) is 12.3. The number of methoxy groups -OCH3 is 1. The van der Waals surface area contributed by atoms with Crippen molar-refractivity contribution in [3.8, 4) is 0 Å². The molecule has 0 spiro atoms. The molecule has 0 N–H and O–H groups in total. The van der Waals surface area contributed by atoms with Gasteiger partial charge in [0.15, 0.2) is 5.78 Å². The summed E-state index contributed by atoms with van der Waals surface area (Å²) in [6.45, 7) is 1.77. The highest BCUT2D eigenvalue weighted by molar-refractivity contribution is 7.92. The number of anilines is 1. The number of nitrogens with zero attached hydrogens (tertiary/aromatic N) is 2. The van der Waals surface area contributed by atoms with Crippen molar-refractivity contribution in [3.05, 3.63) is 87.7 Å². The largest absolute Gasteiger partial charge is 0.452 e. The van der Waals surface area contributed by atoms with Crippen LogP contribution < -0.4 is 4.31 Å². The third kappa shape index (κ3) is 5.21. The van der Waals surface area contributed by atoms with Gasteiger partial charge in [-0.1, -0.05) is 23.7 Å². The fraction of sp³-hybridized carbons (Fsp3) is 0.208. The van der Waals surface area contributed by atoms with Crippen LogP contribution in [0.1, 0.15) is 37.7 Å². The van der Waals surface area contributed by atoms with Crippen LogP contribution in [0.25, 0.3) is 0 Å². The minimum Gasteiger partial charge on any atom is -0.452 e. The molecule has 0 unspecified atom stereocenters. The molecule has 0 aliphatic heterocycles. The number of halogens is 1. The molecule has 0 aliphatic rings. The van der Waals surface area contributed by atoms with Crippen LogP contribution in [-0.4, -0.2) is 44.0 Å². The molecule has 1 heterocycles. The van der Waals surface area contributed by atoms with Crippen molar-refractivity contribution in [1.82, 2.24) is 4.57 Å². The minimum absolute atomic E-state index is 0.0171. The minimum atomic E-state index is -3.90. The van der Waals surface area contributed by atoms with E-state index in [1.807, 2.05) is 0 Å². The number of ether oxygens (including phenoxy) is 1. The monoisotopic (exact) mass is 502 g/mol. The Labute approximate surface area is 202 Å². The van der Waals surface area contributed by atoms with Crippen LogP contribution >= 0.6 is 11.6 Å². The second-order valence-corrected chi connectivity index (χ2v) is 9.99. The van der Waals surface area contributed by atoms with E-state index in [1.165, 1.54) is 12.1 Å². The molecule has 0 bridgehead atoms. The second kappa shape index (κ2) is 9.82. The third-order valence-corrected chi connectivity index (χ3v) is 6.51. The summed E-state index contributed by atoms with van der Waals surface area (Å²) >= 11 is 5.90. The van der Waals surface area contributed by atoms with Gasteiger partial charge in [0.25, 0.3) is 0 Å². The van der Waals surface area contributed by atoms with E-state index in [4.69, 9.17) is 11.6 Å². The first kappa shape index (κ1) is 25.2. The number of hydrogen-bond acceptors (Lipinski definition) is 6. The van der Waals surface area contributed by atoms with Gasteiger partial charge in [-0.15, -0.1) is 0 Å². The predicted molar refractivity (Wildman–Crippen MR) is 129 cm³/mol. The summed E-state index contributed by atoms with van der Waals surface area (Å²) in [7, 11) is -1.16. The Bertz CT molecular complexity index is 1360. The van der Waals surface area contributed by atoms with Crippen molar-refractivity contribution in [2.75, 3.05) is 17.7 Å². The molecule has 178 valence electrons. The molecule has 0 atom stereocenters. The van der Waals surface area contributed by atoms with Crippen molar-refractivity contribution >= 4 is 45.0 Å². The molecule has 8 nitrogen and oxygen atoms in total. The van der Waals surface area contributed by atoms with Gasteiger partial charge in [-0.05, 0) is 60.5 Å². The average Bonchev–Trinajstić information content (AvgIpc) is 3.08. The van der Waals surface area contributed by atoms with Crippen LogP contribution in [0.4, 0.5) is 10.5 Å². The number of rotatable bonds is 7. The Morgan fingerprint density at radius 3 is 2.15 bits per heavy atom. The van der Waals surface area contributed by atoms with Crippen LogP contribution in [0, 0.1) is 6.92 Å². The summed E-state index contributed by atoms with van der Waals surface area (Å²) in [6.07, 6.45) is -0.130. The maximum Gasteiger partial charge on any atom is 0.428 e. The lowest BCUT2D eigenvalue weighted by Crippen LogP contribution is -2.36. The van der Waals surface area contributed by atoms with E-state index >= 15 is 0 Å². The Morgan fingerprint density at radius 2 is 1.62 bits per heavy atom. The van der Waals surface area contributed by atoms with Crippen molar-refractivity contribution in [3.63, 3.8) is 0 Å². The lowest BCUT2D eigenvalue weighted by Gasteiger charge is -2.18. The summed E-state index contributed by atoms with van der Waals surface area (Å²) in [5.74, 6) is -0.440. The summed E-state index contributed by atoms with van der Waals surface area (Å²) in [6, 6.07) is 14.2. The third-order valence-electron chi connectivity index (χ3n) is 5.24. The standard InChI is InChI=1S/C24H23ClN2O6S/c1-15-13-20(26(2)22(15)23(29)17-7-9-18(25)10-8-17)21(28)14-16-5-11-19(12-6-16)27(24(30)33-3)34(4,31)32/h5-13H,14H2,1-4H3. The highest BCUT2D eigenvalue weighted by Crippen LogP contribution is 2.23. The Kier molecular flexibility index (Phi) is 7.28. The van der Waals surface area contributed by atoms with Crippen LogP contribution in [0.15, 0.2) is 54.6 Å². The van der Waals surface area contributed by atoms with E-state index in [0.717, 1.165) is 13.4 Å². The Balaban J connectivity index is 1.84. The van der Waals surface area contributed by atoms with E-state index in [1.54, 1.807) is 61.0 Å². The van der Waals surface area contributed by atoms with Crippen molar-refractivity contribution < 1.29 is 27.5 Å². The quantitative estimate of drug-likeness (QED) is 0.449. The van der Waals surface area contributed by atoms with Gasteiger partial charge in [0, 0.05) is 24.1 Å². The molecule has 10 heteroatoms. The SMILES string of the molecule is COC(=O)N(c1ccc(CC(=O)c2cc(C)c(C(=O)c3ccc(Cl)cc3)n2C)cc1)S(C)(=O)=O. The number of ketones is 2. The second-order valence-electron chi connectivity index (χ2n) is 7.72. The molecule has 0 radical (unpaired) electrons. The summed E-state index contributed by atoms with van der Waals surface area (Å²) in [4.78, 5) is 37.9. The van der Waals surface area contributed by atoms with Gasteiger partial charge < -0.3 is 9.30 Å². The van der Waals surface area contributed by atoms with E-state index in [9.17, 15) is 22.8 Å². The van der Waals surface area contributed by atoms with E-state index < -0.39 is 16.1 Å². The molecule has 0 aliphatic carbocycles. The molecule has 1 amide bonds. The Hall–Kier alpha value is -3.43. The van der Waals surface area contributed by atoms with Crippen LogP contribution in [-0.2, 0) is 28.2 Å². The number of sulfonamides is 1. The molecule has 34 heavy (non-hydrogen) atoms. The molecule has 2 aromatic carbocycles. The number of aryl methyl sites for hydroxylation is 1. The molecule has 0 saturated heterocycles. The zero-order valence-corrected chi connectivity index (χ0v) is 20.6. The lowest BCUT2D eigenvalue weighted by molar-refractivity contribution is 0.0984. The Morgan fingerprint density at radius 1 is 1.03 bits per heavy atom. The topological polar surface area (TPSA) is 103 Å². The van der Waals surface area contributed by atoms with E-state index in [-0.39, 0.29) is 23.7 Å². The number of benzene rings is 2. The average molecular weight is 503 g/mol. The van der Waals surface area contributed by atoms with Gasteiger partial charge in [-0.3, -0.25) is 9.59 Å². The number of carbonyl (C=O) groups excluding carboxylic acids is 3. The summed E-state index contributed by atoms with van der Waals surface area (Å²) < 4.78 is 30.6. The predicted octanol–water partition coefficient (Wildman–Crippen LogP) is 4.18. The van der Waals surface area contributed by atoms with Crippen molar-refractivity contribution in [2.24, 2.45) is 7.05 Å². The van der Waals surface area contributed by atoms with Crippen molar-refractivity contribution in [2.45, 2.75) is 13.3 Å². The van der Waals surface area contributed by atoms with Crippen LogP contribution in [0.3, 0.4) is 0 Å². The molecular formula is C24H23ClN2O6S. The molecule has 0 saturated carbocycles. The van der Waals surface area contributed by atoms with Crippen LogP contribution in [0.5, 0.6) is 0 Å². The van der Waals surface area contributed by atoms with Gasteiger partial charge >= 0.3 is 6.09 Å². The highest BCUT2D eigenvalue weighted by atomic mass is 35.5. The maximum atomic E-state index is 13.0. The zero-order valence-electron chi connectivity index (χ0n) is 19.0. The lowest BCUT2D eigenvalue weighted by atomic mass is 10.1. The smallest absolute Gasteiger partial charge is 0.428 e. The van der Waals surface area contributed by atoms with Gasteiger partial charge in [0.2, 0.25) is 15.8 Å². The zero-order chi connectivity index (χ0) is 25.2. The van der Waals surface area contributed by atoms with Gasteiger partial charge in [-0.2, -0.15) is 4.31 Å². The first-order chi connectivity index (χ1) is 15.9. The van der Waals surface area contributed by atoms with E-state index in [0.29, 0.717) is 37.4 Å². The van der Waals surface area contributed by atoms with Gasteiger partial charge in [0.1, 0.15) is 0 Å². The van der Waals surface area contributed by atoms with E-state index in [2.05, 4.69) is 4.74 Å². The first-order valence-electron chi connectivity index (χ1n) is 10.1. The summed E-state index contributed by atoms with van der Waals surface area (Å²) in [5, 5.41) is 0.522. The number of aromatic nitrogens is 1. The van der Waals surface area contributed by atoms with Gasteiger partial charge in [-0.25, -0.2) is 13.2 Å². The highest BCUT2D eigenvalue weighted by Gasteiger charge is 2.26. The molecule has 3 rings (SSSR count). The van der Waals surface area contributed by atoms with Crippen molar-refractivity contribution in [1.29, 1.82) is 0 Å². The molecule has 1 aromatic heterocycles.